The van der Waals surface area contributed by atoms with Gasteiger partial charge >= 0.3 is 0 Å². The highest BCUT2D eigenvalue weighted by molar-refractivity contribution is 6.31. The molecular weight excluding hydrogens is 439 g/mol. The van der Waals surface area contributed by atoms with Crippen LogP contribution in [0, 0.1) is 17.5 Å². The zero-order valence-electron chi connectivity index (χ0n) is 16.1. The molecule has 2 heterocycles. The molecule has 3 aromatic rings. The number of phenols is 2. The van der Waals surface area contributed by atoms with E-state index in [0.29, 0.717) is 13.0 Å². The van der Waals surface area contributed by atoms with Gasteiger partial charge in [-0.3, -0.25) is 4.79 Å². The fourth-order valence-corrected chi connectivity index (χ4v) is 4.37. The van der Waals surface area contributed by atoms with Gasteiger partial charge in [0.2, 0.25) is 0 Å². The molecule has 0 spiro atoms. The maximum Gasteiger partial charge on any atom is 0.197 e. The lowest BCUT2D eigenvalue weighted by molar-refractivity contribution is 0.172. The summed E-state index contributed by atoms with van der Waals surface area (Å²) in [6.07, 6.45) is 0.495. The second-order valence-corrected chi connectivity index (χ2v) is 7.89. The number of aliphatic hydroxyl groups excluding tert-OH is 1. The summed E-state index contributed by atoms with van der Waals surface area (Å²) in [5.41, 5.74) is -1.48. The molecular formula is C21H17ClF3NO5. The number of likely N-dealkylation sites (tertiary alicyclic amines) is 1. The zero-order valence-corrected chi connectivity index (χ0v) is 16.9. The van der Waals surface area contributed by atoms with Gasteiger partial charge in [-0.1, -0.05) is 11.6 Å². The molecule has 2 aromatic carbocycles. The standard InChI is InChI=1S/C21H17ClF3NO5/c1-26-3-2-8(11(26)7-27)16-12(28)5-13(29)17-14(30)6-15(31-21(16)17)9-4-10(22)19(24)20(25)18(9)23/h4-6,8,11,27-29H,2-3,7H2,1H3. The number of hydrogen-bond donors (Lipinski definition) is 3. The third-order valence-electron chi connectivity index (χ3n) is 5.75. The normalized spacial score (nSPS) is 19.4. The first-order valence-electron chi connectivity index (χ1n) is 9.32. The first kappa shape index (κ1) is 21.5. The third kappa shape index (κ3) is 3.33. The van der Waals surface area contributed by atoms with E-state index in [1.807, 2.05) is 4.90 Å². The van der Waals surface area contributed by atoms with Crippen molar-refractivity contribution in [3.8, 4) is 22.8 Å². The van der Waals surface area contributed by atoms with E-state index < -0.39 is 56.9 Å². The molecule has 0 radical (unpaired) electrons. The van der Waals surface area contributed by atoms with Crippen LogP contribution < -0.4 is 5.43 Å². The molecule has 1 aromatic heterocycles. The van der Waals surface area contributed by atoms with Gasteiger partial charge in [0.15, 0.2) is 22.9 Å². The van der Waals surface area contributed by atoms with Crippen molar-refractivity contribution in [2.75, 3.05) is 20.2 Å². The minimum atomic E-state index is -1.83. The van der Waals surface area contributed by atoms with Crippen molar-refractivity contribution in [1.29, 1.82) is 0 Å². The van der Waals surface area contributed by atoms with Crippen LogP contribution in [0.25, 0.3) is 22.3 Å². The van der Waals surface area contributed by atoms with Crippen LogP contribution >= 0.6 is 11.6 Å². The Bertz CT molecular complexity index is 1260. The number of hydrogen-bond acceptors (Lipinski definition) is 6. The Kier molecular flexibility index (Phi) is 5.36. The molecule has 2 unspecified atom stereocenters. The highest BCUT2D eigenvalue weighted by atomic mass is 35.5. The van der Waals surface area contributed by atoms with Gasteiger partial charge in [0.1, 0.15) is 28.2 Å². The van der Waals surface area contributed by atoms with E-state index in [9.17, 15) is 33.3 Å². The van der Waals surface area contributed by atoms with Gasteiger partial charge in [0, 0.05) is 29.7 Å². The minimum absolute atomic E-state index is 0.143. The molecule has 6 nitrogen and oxygen atoms in total. The van der Waals surface area contributed by atoms with E-state index in [1.54, 1.807) is 7.05 Å². The van der Waals surface area contributed by atoms with Crippen LogP contribution in [-0.4, -0.2) is 46.5 Å². The lowest BCUT2D eigenvalue weighted by Gasteiger charge is -2.24. The molecule has 2 atom stereocenters. The summed E-state index contributed by atoms with van der Waals surface area (Å²) < 4.78 is 47.6. The van der Waals surface area contributed by atoms with Crippen LogP contribution in [0.15, 0.2) is 27.4 Å². The summed E-state index contributed by atoms with van der Waals surface area (Å²) in [5, 5.41) is 29.6. The van der Waals surface area contributed by atoms with E-state index in [4.69, 9.17) is 16.0 Å². The van der Waals surface area contributed by atoms with Gasteiger partial charge in [-0.15, -0.1) is 0 Å². The number of aromatic hydroxyl groups is 2. The van der Waals surface area contributed by atoms with Crippen molar-refractivity contribution >= 4 is 22.6 Å². The Labute approximate surface area is 178 Å². The average molecular weight is 456 g/mol. The zero-order chi connectivity index (χ0) is 22.6. The summed E-state index contributed by atoms with van der Waals surface area (Å²) in [5.74, 6) is -6.91. The van der Waals surface area contributed by atoms with Crippen LogP contribution in [0.4, 0.5) is 13.2 Å². The number of halogens is 4. The van der Waals surface area contributed by atoms with E-state index in [-0.39, 0.29) is 28.9 Å². The summed E-state index contributed by atoms with van der Waals surface area (Å²) in [6.45, 7) is 0.329. The predicted octanol–water partition coefficient (Wildman–Crippen LogP) is 3.72. The molecule has 0 bridgehead atoms. The van der Waals surface area contributed by atoms with Crippen LogP contribution in [-0.2, 0) is 0 Å². The molecule has 1 fully saturated rings. The lowest BCUT2D eigenvalue weighted by Crippen LogP contribution is -2.32. The van der Waals surface area contributed by atoms with E-state index in [2.05, 4.69) is 0 Å². The number of nitrogens with zero attached hydrogens (tertiary/aromatic N) is 1. The van der Waals surface area contributed by atoms with Gasteiger partial charge in [-0.05, 0) is 26.1 Å². The minimum Gasteiger partial charge on any atom is -0.507 e. The Morgan fingerprint density at radius 2 is 1.84 bits per heavy atom. The molecule has 4 rings (SSSR count). The van der Waals surface area contributed by atoms with Crippen molar-refractivity contribution in [3.05, 3.63) is 56.5 Å². The largest absolute Gasteiger partial charge is 0.507 e. The average Bonchev–Trinajstić information content (AvgIpc) is 3.08. The van der Waals surface area contributed by atoms with E-state index in [0.717, 1.165) is 18.2 Å². The van der Waals surface area contributed by atoms with Gasteiger partial charge in [-0.2, -0.15) is 0 Å². The summed E-state index contributed by atoms with van der Waals surface area (Å²) in [6, 6.07) is 2.18. The summed E-state index contributed by atoms with van der Waals surface area (Å²) >= 11 is 5.62. The molecule has 31 heavy (non-hydrogen) atoms. The molecule has 0 saturated carbocycles. The molecule has 3 N–H and O–H groups in total. The first-order valence-corrected chi connectivity index (χ1v) is 9.70. The molecule has 1 aliphatic heterocycles. The maximum atomic E-state index is 14.4. The third-order valence-corrected chi connectivity index (χ3v) is 6.02. The fourth-order valence-electron chi connectivity index (χ4n) is 4.18. The van der Waals surface area contributed by atoms with Crippen molar-refractivity contribution < 1.29 is 32.9 Å². The van der Waals surface area contributed by atoms with Crippen molar-refractivity contribution in [2.24, 2.45) is 0 Å². The molecule has 0 aliphatic carbocycles. The number of likely N-dealkylation sites (N-methyl/N-ethyl adjacent to an activating group) is 1. The lowest BCUT2D eigenvalue weighted by atomic mass is 9.89. The van der Waals surface area contributed by atoms with Crippen LogP contribution in [0.5, 0.6) is 11.5 Å². The Hall–Kier alpha value is -2.75. The number of benzene rings is 2. The van der Waals surface area contributed by atoms with Gasteiger partial charge in [0.25, 0.3) is 0 Å². The fraction of sp³-hybridized carbons (Fsp3) is 0.286. The highest BCUT2D eigenvalue weighted by Gasteiger charge is 2.37. The van der Waals surface area contributed by atoms with Gasteiger partial charge < -0.3 is 24.6 Å². The predicted molar refractivity (Wildman–Crippen MR) is 107 cm³/mol. The molecule has 0 amide bonds. The van der Waals surface area contributed by atoms with Gasteiger partial charge in [0.05, 0.1) is 17.2 Å². The second-order valence-electron chi connectivity index (χ2n) is 7.48. The molecule has 1 saturated heterocycles. The SMILES string of the molecule is CN1CCC(c2c(O)cc(O)c3c(=O)cc(-c4cc(Cl)c(F)c(F)c4F)oc23)C1CO. The molecule has 10 heteroatoms. The number of rotatable bonds is 3. The highest BCUT2D eigenvalue weighted by Crippen LogP contribution is 2.44. The monoisotopic (exact) mass is 455 g/mol. The molecule has 164 valence electrons. The van der Waals surface area contributed by atoms with Crippen LogP contribution in [0.1, 0.15) is 17.9 Å². The van der Waals surface area contributed by atoms with Crippen LogP contribution in [0.2, 0.25) is 5.02 Å². The van der Waals surface area contributed by atoms with E-state index in [1.165, 1.54) is 0 Å². The Morgan fingerprint density at radius 1 is 1.13 bits per heavy atom. The van der Waals surface area contributed by atoms with Crippen molar-refractivity contribution in [2.45, 2.75) is 18.4 Å². The van der Waals surface area contributed by atoms with Crippen molar-refractivity contribution in [3.63, 3.8) is 0 Å². The maximum absolute atomic E-state index is 14.4. The Morgan fingerprint density at radius 3 is 2.52 bits per heavy atom. The summed E-state index contributed by atoms with van der Waals surface area (Å²) in [7, 11) is 1.78. The smallest absolute Gasteiger partial charge is 0.197 e. The molecule has 1 aliphatic rings. The quantitative estimate of drug-likeness (QED) is 0.411. The van der Waals surface area contributed by atoms with Gasteiger partial charge in [-0.25, -0.2) is 13.2 Å². The second kappa shape index (κ2) is 7.74. The first-order chi connectivity index (χ1) is 14.6. The Balaban J connectivity index is 2.04. The number of fused-ring (bicyclic) bond motifs is 1. The van der Waals surface area contributed by atoms with Crippen molar-refractivity contribution in [1.82, 2.24) is 4.90 Å². The number of phenolic OH excluding ortho intramolecular Hbond substituents is 2. The summed E-state index contributed by atoms with van der Waals surface area (Å²) in [4.78, 5) is 14.6. The van der Waals surface area contributed by atoms with E-state index >= 15 is 0 Å². The number of aliphatic hydroxyl groups is 1. The van der Waals surface area contributed by atoms with Crippen LogP contribution in [0.3, 0.4) is 0 Å². The topological polar surface area (TPSA) is 94.1 Å².